The zero-order valence-corrected chi connectivity index (χ0v) is 20.2. The smallest absolute Gasteiger partial charge is 0.271 e. The van der Waals surface area contributed by atoms with Crippen LogP contribution in [0.15, 0.2) is 34.9 Å². The summed E-state index contributed by atoms with van der Waals surface area (Å²) in [6.45, 7) is 14.9. The van der Waals surface area contributed by atoms with E-state index >= 15 is 0 Å². The Hall–Kier alpha value is -2.54. The van der Waals surface area contributed by atoms with Gasteiger partial charge in [0.15, 0.2) is 0 Å². The van der Waals surface area contributed by atoms with Gasteiger partial charge in [0.25, 0.3) is 5.91 Å². The Labute approximate surface area is 191 Å². The van der Waals surface area contributed by atoms with Crippen molar-refractivity contribution in [3.05, 3.63) is 36.2 Å². The van der Waals surface area contributed by atoms with E-state index in [1.165, 1.54) is 0 Å². The molecule has 7 heteroatoms. The summed E-state index contributed by atoms with van der Waals surface area (Å²) in [5, 5.41) is 3.09. The van der Waals surface area contributed by atoms with Gasteiger partial charge in [-0.25, -0.2) is 0 Å². The van der Waals surface area contributed by atoms with Crippen LogP contribution >= 0.6 is 0 Å². The van der Waals surface area contributed by atoms with Crippen LogP contribution in [0.3, 0.4) is 0 Å². The summed E-state index contributed by atoms with van der Waals surface area (Å²) in [5.74, 6) is 0.999. The molecule has 0 bridgehead atoms. The van der Waals surface area contributed by atoms with E-state index in [1.54, 1.807) is 11.2 Å². The Morgan fingerprint density at radius 3 is 2.56 bits per heavy atom. The number of hydrogen-bond acceptors (Lipinski definition) is 4. The van der Waals surface area contributed by atoms with Gasteiger partial charge >= 0.3 is 0 Å². The molecule has 0 saturated heterocycles. The molecule has 1 unspecified atom stereocenters. The van der Waals surface area contributed by atoms with Gasteiger partial charge in [0.2, 0.25) is 5.91 Å². The molecule has 3 rings (SSSR count). The second kappa shape index (κ2) is 10.4. The first-order chi connectivity index (χ1) is 15.3. The van der Waals surface area contributed by atoms with Crippen LogP contribution < -0.4 is 5.32 Å². The molecule has 0 saturated carbocycles. The molecule has 1 aliphatic heterocycles. The molecule has 0 fully saturated rings. The van der Waals surface area contributed by atoms with Crippen LogP contribution in [0.2, 0.25) is 0 Å². The molecule has 0 radical (unpaired) electrons. The quantitative estimate of drug-likeness (QED) is 0.574. The maximum absolute atomic E-state index is 13.6. The Morgan fingerprint density at radius 1 is 1.22 bits per heavy atom. The molecule has 32 heavy (non-hydrogen) atoms. The SMILES string of the molecule is CCN(CC)CCCN1C(=O)c2ccc(-c3ccco3)n2CC1(C)C(=O)NCCC(C)C. The Balaban J connectivity index is 1.88. The predicted octanol–water partition coefficient (Wildman–Crippen LogP) is 3.86. The number of nitrogens with one attached hydrogen (secondary N) is 1. The fraction of sp³-hybridized carbons (Fsp3) is 0.600. The summed E-state index contributed by atoms with van der Waals surface area (Å²) < 4.78 is 7.52. The number of rotatable bonds is 11. The Kier molecular flexibility index (Phi) is 7.82. The summed E-state index contributed by atoms with van der Waals surface area (Å²) in [6.07, 6.45) is 3.36. The van der Waals surface area contributed by atoms with Gasteiger partial charge < -0.3 is 24.1 Å². The highest BCUT2D eigenvalue weighted by atomic mass is 16.3. The standard InChI is InChI=1S/C25H38N4O3/c1-6-27(7-2)15-9-16-29-23(30)21-12-11-20(22-10-8-17-32-22)28(21)18-25(29,5)24(31)26-14-13-19(3)4/h8,10-12,17,19H,6-7,9,13-16,18H2,1-5H3,(H,26,31). The number of furan rings is 1. The molecule has 7 nitrogen and oxygen atoms in total. The number of amides is 2. The molecule has 1 N–H and O–H groups in total. The van der Waals surface area contributed by atoms with E-state index in [2.05, 4.69) is 37.9 Å². The fourth-order valence-corrected chi connectivity index (χ4v) is 4.42. The number of carbonyl (C=O) groups is 2. The molecule has 0 aromatic carbocycles. The monoisotopic (exact) mass is 442 g/mol. The van der Waals surface area contributed by atoms with E-state index in [0.29, 0.717) is 37.0 Å². The van der Waals surface area contributed by atoms with E-state index in [4.69, 9.17) is 4.42 Å². The van der Waals surface area contributed by atoms with Gasteiger partial charge in [-0.2, -0.15) is 0 Å². The lowest BCUT2D eigenvalue weighted by Crippen LogP contribution is -2.64. The van der Waals surface area contributed by atoms with Crippen LogP contribution in [0.1, 0.15) is 57.9 Å². The number of carbonyl (C=O) groups excluding carboxylic acids is 2. The highest BCUT2D eigenvalue weighted by Gasteiger charge is 2.47. The minimum absolute atomic E-state index is 0.0981. The van der Waals surface area contributed by atoms with E-state index in [1.807, 2.05) is 35.8 Å². The van der Waals surface area contributed by atoms with Crippen molar-refractivity contribution in [3.63, 3.8) is 0 Å². The molecular weight excluding hydrogens is 404 g/mol. The van der Waals surface area contributed by atoms with Gasteiger partial charge in [0.1, 0.15) is 17.0 Å². The summed E-state index contributed by atoms with van der Waals surface area (Å²) in [5.41, 5.74) is 0.457. The Bertz CT molecular complexity index is 898. The van der Waals surface area contributed by atoms with E-state index in [-0.39, 0.29) is 11.8 Å². The van der Waals surface area contributed by atoms with Crippen LogP contribution in [0, 0.1) is 5.92 Å². The molecule has 3 heterocycles. The lowest BCUT2D eigenvalue weighted by molar-refractivity contribution is -0.132. The summed E-state index contributed by atoms with van der Waals surface area (Å²) in [7, 11) is 0. The van der Waals surface area contributed by atoms with E-state index in [0.717, 1.165) is 38.2 Å². The van der Waals surface area contributed by atoms with Crippen molar-refractivity contribution < 1.29 is 14.0 Å². The highest BCUT2D eigenvalue weighted by Crippen LogP contribution is 2.33. The van der Waals surface area contributed by atoms with Crippen molar-refractivity contribution in [2.75, 3.05) is 32.7 Å². The van der Waals surface area contributed by atoms with Crippen LogP contribution in [-0.4, -0.2) is 64.4 Å². The molecule has 176 valence electrons. The van der Waals surface area contributed by atoms with Crippen molar-refractivity contribution in [3.8, 4) is 11.5 Å². The number of hydrogen-bond donors (Lipinski definition) is 1. The maximum atomic E-state index is 13.6. The number of nitrogens with zero attached hydrogens (tertiary/aromatic N) is 3. The normalized spacial score (nSPS) is 18.5. The first-order valence-corrected chi connectivity index (χ1v) is 11.9. The predicted molar refractivity (Wildman–Crippen MR) is 126 cm³/mol. The first-order valence-electron chi connectivity index (χ1n) is 11.9. The lowest BCUT2D eigenvalue weighted by atomic mass is 9.94. The zero-order valence-electron chi connectivity index (χ0n) is 20.2. The Morgan fingerprint density at radius 2 is 1.94 bits per heavy atom. The molecular formula is C25H38N4O3. The van der Waals surface area contributed by atoms with Gasteiger partial charge in [0, 0.05) is 13.1 Å². The van der Waals surface area contributed by atoms with Gasteiger partial charge in [-0.05, 0) is 69.6 Å². The average molecular weight is 443 g/mol. The van der Waals surface area contributed by atoms with Gasteiger partial charge in [-0.3, -0.25) is 9.59 Å². The molecule has 2 aromatic heterocycles. The number of fused-ring (bicyclic) bond motifs is 1. The first kappa shape index (κ1) is 24.1. The van der Waals surface area contributed by atoms with Gasteiger partial charge in [-0.1, -0.05) is 27.7 Å². The third-order valence-corrected chi connectivity index (χ3v) is 6.53. The molecule has 2 amide bonds. The van der Waals surface area contributed by atoms with Crippen molar-refractivity contribution >= 4 is 11.8 Å². The third-order valence-electron chi connectivity index (χ3n) is 6.53. The molecule has 0 spiro atoms. The molecule has 0 aliphatic carbocycles. The van der Waals surface area contributed by atoms with Crippen LogP contribution in [-0.2, 0) is 11.3 Å². The molecule has 1 atom stereocenters. The molecule has 1 aliphatic rings. The van der Waals surface area contributed by atoms with Crippen LogP contribution in [0.4, 0.5) is 0 Å². The number of aromatic nitrogens is 1. The van der Waals surface area contributed by atoms with Crippen LogP contribution in [0.5, 0.6) is 0 Å². The third kappa shape index (κ3) is 4.93. The summed E-state index contributed by atoms with van der Waals surface area (Å²) >= 11 is 0. The topological polar surface area (TPSA) is 70.7 Å². The summed E-state index contributed by atoms with van der Waals surface area (Å²) in [6, 6.07) is 7.46. The van der Waals surface area contributed by atoms with E-state index in [9.17, 15) is 9.59 Å². The fourth-order valence-electron chi connectivity index (χ4n) is 4.42. The van der Waals surface area contributed by atoms with Crippen molar-refractivity contribution in [1.29, 1.82) is 0 Å². The lowest BCUT2D eigenvalue weighted by Gasteiger charge is -2.44. The van der Waals surface area contributed by atoms with Crippen molar-refractivity contribution in [1.82, 2.24) is 19.7 Å². The second-order valence-corrected chi connectivity index (χ2v) is 9.22. The van der Waals surface area contributed by atoms with Crippen LogP contribution in [0.25, 0.3) is 11.5 Å². The minimum Gasteiger partial charge on any atom is -0.463 e. The van der Waals surface area contributed by atoms with Gasteiger partial charge in [-0.15, -0.1) is 0 Å². The summed E-state index contributed by atoms with van der Waals surface area (Å²) in [4.78, 5) is 31.2. The highest BCUT2D eigenvalue weighted by molar-refractivity contribution is 6.00. The van der Waals surface area contributed by atoms with Gasteiger partial charge in [0.05, 0.1) is 18.5 Å². The van der Waals surface area contributed by atoms with E-state index < -0.39 is 5.54 Å². The minimum atomic E-state index is -0.968. The zero-order chi connectivity index (χ0) is 23.3. The second-order valence-electron chi connectivity index (χ2n) is 9.22. The largest absolute Gasteiger partial charge is 0.463 e. The molecule has 2 aromatic rings. The maximum Gasteiger partial charge on any atom is 0.271 e. The van der Waals surface area contributed by atoms with Crippen molar-refractivity contribution in [2.24, 2.45) is 5.92 Å². The average Bonchev–Trinajstić information content (AvgIpc) is 3.42. The van der Waals surface area contributed by atoms with Crippen molar-refractivity contribution in [2.45, 2.75) is 59.5 Å².